The van der Waals surface area contributed by atoms with Crippen LogP contribution in [-0.4, -0.2) is 47.5 Å². The Kier molecular flexibility index (Phi) is 6.67. The molecule has 1 aliphatic rings. The van der Waals surface area contributed by atoms with Crippen molar-refractivity contribution < 1.29 is 9.72 Å². The average Bonchev–Trinajstić information content (AvgIpc) is 2.83. The topological polar surface area (TPSA) is 113 Å². The lowest BCUT2D eigenvalue weighted by atomic mass is 9.86. The number of nitrogens with one attached hydrogen (secondary N) is 2. The van der Waals surface area contributed by atoms with Crippen LogP contribution in [0.3, 0.4) is 0 Å². The molecule has 2 aromatic carbocycles. The molecule has 1 fully saturated rings. The highest BCUT2D eigenvalue weighted by Gasteiger charge is 2.23. The van der Waals surface area contributed by atoms with Gasteiger partial charge in [0.05, 0.1) is 10.4 Å². The van der Waals surface area contributed by atoms with Gasteiger partial charge in [-0.2, -0.15) is 4.98 Å². The van der Waals surface area contributed by atoms with E-state index >= 15 is 0 Å². The van der Waals surface area contributed by atoms with E-state index in [0.29, 0.717) is 24.0 Å². The summed E-state index contributed by atoms with van der Waals surface area (Å²) in [5.41, 5.74) is 1.14. The van der Waals surface area contributed by atoms with Crippen LogP contribution in [0, 0.1) is 16.0 Å². The summed E-state index contributed by atoms with van der Waals surface area (Å²) >= 11 is 0. The Labute approximate surface area is 192 Å². The van der Waals surface area contributed by atoms with Gasteiger partial charge in [-0.05, 0) is 49.8 Å². The normalized spacial score (nSPS) is 18.0. The molecule has 33 heavy (non-hydrogen) atoms. The summed E-state index contributed by atoms with van der Waals surface area (Å²) in [7, 11) is 3.96. The first kappa shape index (κ1) is 22.4. The summed E-state index contributed by atoms with van der Waals surface area (Å²) in [4.78, 5) is 34.2. The molecule has 172 valence electrons. The van der Waals surface area contributed by atoms with Gasteiger partial charge in [-0.1, -0.05) is 18.2 Å². The molecule has 1 amide bonds. The van der Waals surface area contributed by atoms with Crippen LogP contribution < -0.4 is 15.5 Å². The minimum absolute atomic E-state index is 0.0810. The number of benzene rings is 2. The maximum Gasteiger partial charge on any atom is 0.270 e. The summed E-state index contributed by atoms with van der Waals surface area (Å²) in [5.74, 6) is 1.63. The van der Waals surface area contributed by atoms with E-state index in [9.17, 15) is 14.9 Å². The monoisotopic (exact) mass is 448 g/mol. The van der Waals surface area contributed by atoms with Crippen molar-refractivity contribution in [2.75, 3.05) is 30.9 Å². The second-order valence-corrected chi connectivity index (χ2v) is 8.66. The third-order valence-electron chi connectivity index (χ3n) is 6.06. The molecule has 0 saturated heterocycles. The van der Waals surface area contributed by atoms with Crippen molar-refractivity contribution in [2.24, 2.45) is 5.92 Å². The van der Waals surface area contributed by atoms with Crippen molar-refractivity contribution in [3.05, 3.63) is 64.2 Å². The van der Waals surface area contributed by atoms with E-state index < -0.39 is 4.92 Å². The number of anilines is 2. The van der Waals surface area contributed by atoms with Gasteiger partial charge in [0.15, 0.2) is 0 Å². The Hall–Kier alpha value is -3.75. The third kappa shape index (κ3) is 5.36. The van der Waals surface area contributed by atoms with Gasteiger partial charge in [-0.25, -0.2) is 4.98 Å². The van der Waals surface area contributed by atoms with E-state index in [1.165, 1.54) is 18.2 Å². The van der Waals surface area contributed by atoms with Crippen molar-refractivity contribution in [3.8, 4) is 0 Å². The van der Waals surface area contributed by atoms with Gasteiger partial charge in [0.1, 0.15) is 5.82 Å². The molecule has 9 nitrogen and oxygen atoms in total. The molecular weight excluding hydrogens is 420 g/mol. The standard InChI is InChI=1S/C24H28N6O3/c1-29(2)22-20-8-3-4-9-21(20)27-24(28-22)26-18-12-10-16(11-13-18)15-25-23(31)17-6-5-7-19(14-17)30(32)33/h3-9,14,16,18H,10-13,15H2,1-2H3,(H,25,31)(H,26,27,28). The highest BCUT2D eigenvalue weighted by molar-refractivity contribution is 5.94. The van der Waals surface area contributed by atoms with Gasteiger partial charge in [0.2, 0.25) is 5.95 Å². The quantitative estimate of drug-likeness (QED) is 0.415. The van der Waals surface area contributed by atoms with E-state index in [0.717, 1.165) is 42.4 Å². The van der Waals surface area contributed by atoms with E-state index in [-0.39, 0.29) is 17.6 Å². The Bertz CT molecular complexity index is 1160. The van der Waals surface area contributed by atoms with Crippen molar-refractivity contribution in [3.63, 3.8) is 0 Å². The van der Waals surface area contributed by atoms with Crippen LogP contribution in [0.15, 0.2) is 48.5 Å². The van der Waals surface area contributed by atoms with Crippen molar-refractivity contribution in [1.82, 2.24) is 15.3 Å². The number of para-hydroxylation sites is 1. The Balaban J connectivity index is 1.31. The van der Waals surface area contributed by atoms with Gasteiger partial charge in [0.25, 0.3) is 11.6 Å². The largest absolute Gasteiger partial charge is 0.362 e. The van der Waals surface area contributed by atoms with Crippen molar-refractivity contribution in [1.29, 1.82) is 0 Å². The molecule has 0 bridgehead atoms. The number of hydrogen-bond acceptors (Lipinski definition) is 7. The van der Waals surface area contributed by atoms with Gasteiger partial charge in [0, 0.05) is 49.8 Å². The van der Waals surface area contributed by atoms with Gasteiger partial charge < -0.3 is 15.5 Å². The lowest BCUT2D eigenvalue weighted by molar-refractivity contribution is -0.384. The highest BCUT2D eigenvalue weighted by atomic mass is 16.6. The van der Waals surface area contributed by atoms with E-state index in [1.807, 2.05) is 43.3 Å². The Morgan fingerprint density at radius 3 is 2.58 bits per heavy atom. The number of amides is 1. The fourth-order valence-corrected chi connectivity index (χ4v) is 4.26. The second kappa shape index (κ2) is 9.81. The van der Waals surface area contributed by atoms with Crippen LogP contribution in [0.2, 0.25) is 0 Å². The molecule has 9 heteroatoms. The molecular formula is C24H28N6O3. The summed E-state index contributed by atoms with van der Waals surface area (Å²) in [6, 6.07) is 14.1. The van der Waals surface area contributed by atoms with E-state index in [2.05, 4.69) is 10.6 Å². The van der Waals surface area contributed by atoms with Crippen LogP contribution >= 0.6 is 0 Å². The molecule has 0 aliphatic heterocycles. The Morgan fingerprint density at radius 1 is 1.09 bits per heavy atom. The number of aromatic nitrogens is 2. The van der Waals surface area contributed by atoms with E-state index in [4.69, 9.17) is 9.97 Å². The van der Waals surface area contributed by atoms with E-state index in [1.54, 1.807) is 6.07 Å². The number of nitro groups is 1. The van der Waals surface area contributed by atoms with Crippen LogP contribution in [0.4, 0.5) is 17.5 Å². The maximum atomic E-state index is 12.4. The Morgan fingerprint density at radius 2 is 1.85 bits per heavy atom. The van der Waals surface area contributed by atoms with Gasteiger partial charge >= 0.3 is 0 Å². The number of carbonyl (C=O) groups excluding carboxylic acids is 1. The molecule has 0 unspecified atom stereocenters. The summed E-state index contributed by atoms with van der Waals surface area (Å²) < 4.78 is 0. The minimum atomic E-state index is -0.494. The van der Waals surface area contributed by atoms with Crippen molar-refractivity contribution in [2.45, 2.75) is 31.7 Å². The smallest absolute Gasteiger partial charge is 0.270 e. The number of carbonyl (C=O) groups is 1. The molecule has 1 heterocycles. The second-order valence-electron chi connectivity index (χ2n) is 8.66. The van der Waals surface area contributed by atoms with Crippen LogP contribution in [-0.2, 0) is 0 Å². The molecule has 1 aromatic heterocycles. The zero-order chi connectivity index (χ0) is 23.4. The fraction of sp³-hybridized carbons (Fsp3) is 0.375. The summed E-state index contributed by atoms with van der Waals surface area (Å²) in [5, 5.41) is 18.4. The zero-order valence-corrected chi connectivity index (χ0v) is 18.8. The number of fused-ring (bicyclic) bond motifs is 1. The molecule has 1 aliphatic carbocycles. The summed E-state index contributed by atoms with van der Waals surface area (Å²) in [6.45, 7) is 0.561. The fourth-order valence-electron chi connectivity index (χ4n) is 4.26. The van der Waals surface area contributed by atoms with Crippen molar-refractivity contribution >= 4 is 34.3 Å². The van der Waals surface area contributed by atoms with Gasteiger partial charge in [-0.15, -0.1) is 0 Å². The molecule has 2 N–H and O–H groups in total. The average molecular weight is 449 g/mol. The first-order chi connectivity index (χ1) is 15.9. The molecule has 3 aromatic rings. The predicted octanol–water partition coefficient (Wildman–Crippen LogP) is 4.00. The number of nitro benzene ring substituents is 1. The number of hydrogen-bond donors (Lipinski definition) is 2. The third-order valence-corrected chi connectivity index (χ3v) is 6.06. The predicted molar refractivity (Wildman–Crippen MR) is 129 cm³/mol. The first-order valence-electron chi connectivity index (χ1n) is 11.1. The number of nitrogens with zero attached hydrogens (tertiary/aromatic N) is 4. The zero-order valence-electron chi connectivity index (χ0n) is 18.8. The number of rotatable bonds is 7. The SMILES string of the molecule is CN(C)c1nc(NC2CCC(CNC(=O)c3cccc([N+](=O)[O-])c3)CC2)nc2ccccc12. The minimum Gasteiger partial charge on any atom is -0.362 e. The molecule has 0 radical (unpaired) electrons. The lowest BCUT2D eigenvalue weighted by Gasteiger charge is -2.29. The van der Waals surface area contributed by atoms with Gasteiger partial charge in [-0.3, -0.25) is 14.9 Å². The molecule has 0 spiro atoms. The highest BCUT2D eigenvalue weighted by Crippen LogP contribution is 2.28. The lowest BCUT2D eigenvalue weighted by Crippen LogP contribution is -2.34. The molecule has 0 atom stereocenters. The van der Waals surface area contributed by atoms with Crippen LogP contribution in [0.25, 0.3) is 10.9 Å². The maximum absolute atomic E-state index is 12.4. The number of non-ortho nitro benzene ring substituents is 1. The molecule has 1 saturated carbocycles. The van der Waals surface area contributed by atoms with Crippen LogP contribution in [0.5, 0.6) is 0 Å². The summed E-state index contributed by atoms with van der Waals surface area (Å²) in [6.07, 6.45) is 3.87. The molecule has 4 rings (SSSR count). The first-order valence-corrected chi connectivity index (χ1v) is 11.1. The van der Waals surface area contributed by atoms with Crippen LogP contribution in [0.1, 0.15) is 36.0 Å².